The van der Waals surface area contributed by atoms with Crippen molar-refractivity contribution in [1.82, 2.24) is 5.32 Å². The number of hydrogen-bond acceptors (Lipinski definition) is 5. The Balaban J connectivity index is 0.000000416. The van der Waals surface area contributed by atoms with E-state index in [1.807, 2.05) is 18.2 Å². The molecule has 0 aromatic heterocycles. The maximum absolute atomic E-state index is 9.94. The molecule has 0 saturated heterocycles. The fourth-order valence-electron chi connectivity index (χ4n) is 2.84. The van der Waals surface area contributed by atoms with Crippen molar-refractivity contribution < 1.29 is 29.6 Å². The zero-order chi connectivity index (χ0) is 20.6. The van der Waals surface area contributed by atoms with Gasteiger partial charge in [0.15, 0.2) is 0 Å². The molecule has 7 nitrogen and oxygen atoms in total. The van der Waals surface area contributed by atoms with Gasteiger partial charge in [0.25, 0.3) is 0 Å². The molecule has 0 heterocycles. The van der Waals surface area contributed by atoms with Crippen LogP contribution in [0.25, 0.3) is 0 Å². The molecule has 1 aromatic rings. The van der Waals surface area contributed by atoms with Crippen molar-refractivity contribution >= 4 is 11.9 Å². The number of carbonyl (C=O) groups is 2. The summed E-state index contributed by atoms with van der Waals surface area (Å²) in [6, 6.07) is 10.2. The molecule has 1 fully saturated rings. The first-order valence-corrected chi connectivity index (χ1v) is 9.65. The lowest BCUT2D eigenvalue weighted by atomic mass is 10.1. The van der Waals surface area contributed by atoms with Crippen LogP contribution in [0.15, 0.2) is 42.5 Å². The van der Waals surface area contributed by atoms with Crippen LogP contribution in [0.4, 0.5) is 0 Å². The molecule has 2 rings (SSSR count). The van der Waals surface area contributed by atoms with Crippen LogP contribution < -0.4 is 5.32 Å². The summed E-state index contributed by atoms with van der Waals surface area (Å²) in [7, 11) is 0. The number of aliphatic carboxylic acids is 2. The van der Waals surface area contributed by atoms with Crippen molar-refractivity contribution in [2.24, 2.45) is 0 Å². The normalized spacial score (nSPS) is 16.0. The Hall–Kier alpha value is -2.22. The predicted octanol–water partition coefficient (Wildman–Crippen LogP) is 2.59. The average molecular weight is 393 g/mol. The number of rotatable bonds is 9. The molecule has 0 bridgehead atoms. The van der Waals surface area contributed by atoms with Gasteiger partial charge in [-0.1, -0.05) is 56.0 Å². The first-order chi connectivity index (χ1) is 13.5. The highest BCUT2D eigenvalue weighted by atomic mass is 16.5. The first-order valence-electron chi connectivity index (χ1n) is 9.65. The molecule has 1 aliphatic rings. The second kappa shape index (κ2) is 14.8. The van der Waals surface area contributed by atoms with E-state index in [9.17, 15) is 14.7 Å². The Kier molecular flexibility index (Phi) is 12.6. The lowest BCUT2D eigenvalue weighted by Gasteiger charge is -2.18. The summed E-state index contributed by atoms with van der Waals surface area (Å²) in [4.78, 5) is 19.1. The van der Waals surface area contributed by atoms with Gasteiger partial charge in [0.1, 0.15) is 0 Å². The van der Waals surface area contributed by atoms with E-state index in [0.717, 1.165) is 19.4 Å². The molecule has 0 spiro atoms. The van der Waals surface area contributed by atoms with Crippen LogP contribution >= 0.6 is 0 Å². The van der Waals surface area contributed by atoms with Crippen LogP contribution in [0.5, 0.6) is 0 Å². The molecule has 28 heavy (non-hydrogen) atoms. The van der Waals surface area contributed by atoms with Crippen molar-refractivity contribution in [3.05, 3.63) is 48.0 Å². The Bertz CT molecular complexity index is 566. The van der Waals surface area contributed by atoms with Gasteiger partial charge in [-0.05, 0) is 18.4 Å². The van der Waals surface area contributed by atoms with E-state index in [2.05, 4.69) is 17.4 Å². The Morgan fingerprint density at radius 2 is 1.61 bits per heavy atom. The zero-order valence-electron chi connectivity index (χ0n) is 16.1. The van der Waals surface area contributed by atoms with Gasteiger partial charge in [-0.25, -0.2) is 9.59 Å². The second-order valence-corrected chi connectivity index (χ2v) is 6.73. The standard InChI is InChI=1S/C17H27NO2.C4H4O4/c19-16(13-18-12-15-8-4-3-5-9-15)14-20-17-10-6-1-2-7-11-17;5-3(6)1-2-4(7)8/h3-5,8-9,16-19H,1-2,6-7,10-14H2;1-2H,(H,5,6)(H,7,8)/b;2-1+. The highest BCUT2D eigenvalue weighted by Crippen LogP contribution is 2.19. The molecule has 0 radical (unpaired) electrons. The molecule has 0 amide bonds. The quantitative estimate of drug-likeness (QED) is 0.376. The third kappa shape index (κ3) is 13.0. The summed E-state index contributed by atoms with van der Waals surface area (Å²) in [6.07, 6.45) is 8.59. The van der Waals surface area contributed by atoms with Gasteiger partial charge in [-0.3, -0.25) is 0 Å². The Morgan fingerprint density at radius 1 is 1.04 bits per heavy atom. The fraction of sp³-hybridized carbons (Fsp3) is 0.524. The minimum absolute atomic E-state index is 0.362. The third-order valence-corrected chi connectivity index (χ3v) is 4.25. The number of benzene rings is 1. The van der Waals surface area contributed by atoms with Gasteiger partial charge in [0.05, 0.1) is 18.8 Å². The van der Waals surface area contributed by atoms with E-state index < -0.39 is 18.0 Å². The molecule has 1 aliphatic carbocycles. The number of aliphatic hydroxyl groups is 1. The monoisotopic (exact) mass is 393 g/mol. The van der Waals surface area contributed by atoms with Crippen molar-refractivity contribution in [1.29, 1.82) is 0 Å². The molecule has 7 heteroatoms. The Morgan fingerprint density at radius 3 is 2.14 bits per heavy atom. The number of nitrogens with one attached hydrogen (secondary N) is 1. The number of ether oxygens (including phenoxy) is 1. The largest absolute Gasteiger partial charge is 0.478 e. The van der Waals surface area contributed by atoms with Gasteiger partial charge in [-0.15, -0.1) is 0 Å². The Labute approximate surface area is 166 Å². The highest BCUT2D eigenvalue weighted by molar-refractivity contribution is 5.89. The van der Waals surface area contributed by atoms with Gasteiger partial charge in [0, 0.05) is 25.2 Å². The van der Waals surface area contributed by atoms with E-state index in [-0.39, 0.29) is 0 Å². The van der Waals surface area contributed by atoms with Gasteiger partial charge < -0.3 is 25.4 Å². The van der Waals surface area contributed by atoms with Gasteiger partial charge in [-0.2, -0.15) is 0 Å². The van der Waals surface area contributed by atoms with Crippen LogP contribution in [0.1, 0.15) is 44.1 Å². The molecule has 1 atom stereocenters. The number of aliphatic hydroxyl groups excluding tert-OH is 1. The molecule has 1 saturated carbocycles. The van der Waals surface area contributed by atoms with Crippen LogP contribution in [-0.2, 0) is 20.9 Å². The summed E-state index contributed by atoms with van der Waals surface area (Å²) < 4.78 is 5.84. The molecule has 156 valence electrons. The van der Waals surface area contributed by atoms with E-state index in [1.54, 1.807) is 0 Å². The summed E-state index contributed by atoms with van der Waals surface area (Å²) in [5, 5.41) is 28.8. The van der Waals surface area contributed by atoms with E-state index in [4.69, 9.17) is 14.9 Å². The molecule has 0 aliphatic heterocycles. The summed E-state index contributed by atoms with van der Waals surface area (Å²) in [5.41, 5.74) is 1.24. The van der Waals surface area contributed by atoms with Gasteiger partial charge >= 0.3 is 11.9 Å². The van der Waals surface area contributed by atoms with E-state index in [1.165, 1.54) is 31.2 Å². The van der Waals surface area contributed by atoms with E-state index in [0.29, 0.717) is 31.4 Å². The SMILES string of the molecule is O=C(O)/C=C/C(=O)O.OC(CNCc1ccccc1)COC1CCCCCC1. The summed E-state index contributed by atoms with van der Waals surface area (Å²) in [5.74, 6) is -2.51. The van der Waals surface area contributed by atoms with Crippen molar-refractivity contribution in [3.63, 3.8) is 0 Å². The van der Waals surface area contributed by atoms with Crippen molar-refractivity contribution in [3.8, 4) is 0 Å². The first kappa shape index (κ1) is 23.8. The maximum Gasteiger partial charge on any atom is 0.328 e. The topological polar surface area (TPSA) is 116 Å². The van der Waals surface area contributed by atoms with Crippen LogP contribution in [-0.4, -0.2) is 52.6 Å². The fourth-order valence-corrected chi connectivity index (χ4v) is 2.84. The third-order valence-electron chi connectivity index (χ3n) is 4.25. The van der Waals surface area contributed by atoms with E-state index >= 15 is 0 Å². The lowest BCUT2D eigenvalue weighted by Crippen LogP contribution is -2.31. The molecule has 1 unspecified atom stereocenters. The second-order valence-electron chi connectivity index (χ2n) is 6.73. The lowest BCUT2D eigenvalue weighted by molar-refractivity contribution is -0.134. The molecular weight excluding hydrogens is 362 g/mol. The summed E-state index contributed by atoms with van der Waals surface area (Å²) >= 11 is 0. The highest BCUT2D eigenvalue weighted by Gasteiger charge is 2.14. The molecular formula is C21H31NO6. The number of carboxylic acids is 2. The smallest absolute Gasteiger partial charge is 0.328 e. The molecule has 1 aromatic carbocycles. The zero-order valence-corrected chi connectivity index (χ0v) is 16.1. The van der Waals surface area contributed by atoms with Crippen LogP contribution in [0, 0.1) is 0 Å². The molecule has 4 N–H and O–H groups in total. The van der Waals surface area contributed by atoms with Crippen molar-refractivity contribution in [2.75, 3.05) is 13.2 Å². The minimum Gasteiger partial charge on any atom is -0.478 e. The predicted molar refractivity (Wildman–Crippen MR) is 106 cm³/mol. The minimum atomic E-state index is -1.26. The summed E-state index contributed by atoms with van der Waals surface area (Å²) in [6.45, 7) is 1.83. The average Bonchev–Trinajstić information content (AvgIpc) is 2.95. The number of hydrogen-bond donors (Lipinski definition) is 4. The van der Waals surface area contributed by atoms with Gasteiger partial charge in [0.2, 0.25) is 0 Å². The van der Waals surface area contributed by atoms with Crippen LogP contribution in [0.2, 0.25) is 0 Å². The number of carboxylic acid groups (broad SMARTS) is 2. The van der Waals surface area contributed by atoms with Crippen LogP contribution in [0.3, 0.4) is 0 Å². The maximum atomic E-state index is 9.94. The van der Waals surface area contributed by atoms with Crippen molar-refractivity contribution in [2.45, 2.75) is 57.3 Å².